The summed E-state index contributed by atoms with van der Waals surface area (Å²) >= 11 is 11.9. The van der Waals surface area contributed by atoms with Crippen LogP contribution in [0.25, 0.3) is 0 Å². The molecule has 0 radical (unpaired) electrons. The van der Waals surface area contributed by atoms with Crippen molar-refractivity contribution >= 4 is 29.1 Å². The number of aryl methyl sites for hydroxylation is 1. The Balaban J connectivity index is 1.63. The standard InChI is InChI=1S/C17H20Cl2N4O2/c1-20-16(11-8-21-22(2)9-11)17(24)23-6-5-13(10-23)25-12-3-4-14(18)15(19)7-12/h3-4,7-9,13,16,20H,5-6,10H2,1-2H3. The molecular formula is C17H20Cl2N4O2. The van der Waals surface area contributed by atoms with Gasteiger partial charge in [-0.2, -0.15) is 5.10 Å². The highest BCUT2D eigenvalue weighted by molar-refractivity contribution is 6.42. The van der Waals surface area contributed by atoms with E-state index in [0.29, 0.717) is 28.9 Å². The molecule has 0 aliphatic carbocycles. The molecule has 0 bridgehead atoms. The van der Waals surface area contributed by atoms with Gasteiger partial charge in [0.05, 0.1) is 22.8 Å². The number of amides is 1. The van der Waals surface area contributed by atoms with Crippen LogP contribution in [0.5, 0.6) is 5.75 Å². The van der Waals surface area contributed by atoms with Gasteiger partial charge in [0.1, 0.15) is 17.9 Å². The molecule has 2 atom stereocenters. The van der Waals surface area contributed by atoms with Gasteiger partial charge < -0.3 is 15.0 Å². The number of hydrogen-bond acceptors (Lipinski definition) is 4. The van der Waals surface area contributed by atoms with Crippen LogP contribution < -0.4 is 10.1 Å². The van der Waals surface area contributed by atoms with Crippen molar-refractivity contribution in [2.24, 2.45) is 7.05 Å². The molecule has 8 heteroatoms. The number of nitrogens with zero attached hydrogens (tertiary/aromatic N) is 3. The topological polar surface area (TPSA) is 59.4 Å². The van der Waals surface area contributed by atoms with Gasteiger partial charge in [-0.15, -0.1) is 0 Å². The van der Waals surface area contributed by atoms with Crippen molar-refractivity contribution in [2.45, 2.75) is 18.6 Å². The fourth-order valence-corrected chi connectivity index (χ4v) is 3.26. The largest absolute Gasteiger partial charge is 0.488 e. The number of rotatable bonds is 5. The molecule has 1 aliphatic heterocycles. The molecule has 1 amide bonds. The zero-order valence-corrected chi connectivity index (χ0v) is 15.6. The average Bonchev–Trinajstić information content (AvgIpc) is 3.21. The third-order valence-electron chi connectivity index (χ3n) is 4.24. The smallest absolute Gasteiger partial charge is 0.244 e. The fraction of sp³-hybridized carbons (Fsp3) is 0.412. The van der Waals surface area contributed by atoms with Crippen LogP contribution in [0.3, 0.4) is 0 Å². The Hall–Kier alpha value is -1.76. The highest BCUT2D eigenvalue weighted by Gasteiger charge is 2.32. The maximum atomic E-state index is 12.8. The quantitative estimate of drug-likeness (QED) is 0.863. The molecule has 1 fully saturated rings. The van der Waals surface area contributed by atoms with Crippen LogP contribution in [0.2, 0.25) is 10.0 Å². The average molecular weight is 383 g/mol. The summed E-state index contributed by atoms with van der Waals surface area (Å²) in [5, 5.41) is 8.15. The second kappa shape index (κ2) is 7.64. The summed E-state index contributed by atoms with van der Waals surface area (Å²) in [6, 6.07) is 4.78. The van der Waals surface area contributed by atoms with Gasteiger partial charge in [-0.1, -0.05) is 23.2 Å². The van der Waals surface area contributed by atoms with E-state index in [2.05, 4.69) is 10.4 Å². The van der Waals surface area contributed by atoms with E-state index in [1.54, 1.807) is 36.1 Å². The first kappa shape index (κ1) is 18.0. The summed E-state index contributed by atoms with van der Waals surface area (Å²) in [4.78, 5) is 14.6. The summed E-state index contributed by atoms with van der Waals surface area (Å²) in [6.45, 7) is 1.20. The van der Waals surface area contributed by atoms with Crippen molar-refractivity contribution < 1.29 is 9.53 Å². The van der Waals surface area contributed by atoms with Crippen molar-refractivity contribution in [2.75, 3.05) is 20.1 Å². The minimum absolute atomic E-state index is 0.0238. The molecule has 2 aromatic rings. The number of hydrogen-bond donors (Lipinski definition) is 1. The molecule has 2 unspecified atom stereocenters. The summed E-state index contributed by atoms with van der Waals surface area (Å²) in [7, 11) is 3.60. The number of ether oxygens (including phenoxy) is 1. The number of likely N-dealkylation sites (tertiary alicyclic amines) is 1. The second-order valence-electron chi connectivity index (χ2n) is 6.06. The lowest BCUT2D eigenvalue weighted by Crippen LogP contribution is -2.39. The minimum atomic E-state index is -0.405. The van der Waals surface area contributed by atoms with Gasteiger partial charge >= 0.3 is 0 Å². The monoisotopic (exact) mass is 382 g/mol. The first-order valence-electron chi connectivity index (χ1n) is 8.04. The highest BCUT2D eigenvalue weighted by Crippen LogP contribution is 2.28. The van der Waals surface area contributed by atoms with Crippen molar-refractivity contribution in [3.05, 3.63) is 46.2 Å². The molecule has 25 heavy (non-hydrogen) atoms. The first-order valence-corrected chi connectivity index (χ1v) is 8.80. The van der Waals surface area contributed by atoms with Gasteiger partial charge in [0.25, 0.3) is 0 Å². The maximum Gasteiger partial charge on any atom is 0.244 e. The molecule has 1 saturated heterocycles. The van der Waals surface area contributed by atoms with E-state index in [9.17, 15) is 4.79 Å². The third-order valence-corrected chi connectivity index (χ3v) is 4.98. The van der Waals surface area contributed by atoms with Gasteiger partial charge in [-0.25, -0.2) is 0 Å². The van der Waals surface area contributed by atoms with Gasteiger partial charge in [-0.3, -0.25) is 9.48 Å². The van der Waals surface area contributed by atoms with Gasteiger partial charge in [-0.05, 0) is 19.2 Å². The zero-order valence-electron chi connectivity index (χ0n) is 14.1. The first-order chi connectivity index (χ1) is 12.0. The van der Waals surface area contributed by atoms with E-state index >= 15 is 0 Å². The van der Waals surface area contributed by atoms with E-state index < -0.39 is 6.04 Å². The number of carbonyl (C=O) groups is 1. The van der Waals surface area contributed by atoms with Crippen LogP contribution in [-0.2, 0) is 11.8 Å². The minimum Gasteiger partial charge on any atom is -0.488 e. The summed E-state index contributed by atoms with van der Waals surface area (Å²) in [5.74, 6) is 0.682. The number of carbonyl (C=O) groups excluding carboxylic acids is 1. The number of nitrogens with one attached hydrogen (secondary N) is 1. The number of benzene rings is 1. The Morgan fingerprint density at radius 3 is 2.84 bits per heavy atom. The van der Waals surface area contributed by atoms with Crippen LogP contribution in [-0.4, -0.2) is 46.8 Å². The van der Waals surface area contributed by atoms with Crippen molar-refractivity contribution in [1.29, 1.82) is 0 Å². The van der Waals surface area contributed by atoms with E-state index in [0.717, 1.165) is 12.0 Å². The number of halogens is 2. The molecule has 1 aromatic carbocycles. The molecule has 0 saturated carbocycles. The summed E-state index contributed by atoms with van der Waals surface area (Å²) < 4.78 is 7.63. The summed E-state index contributed by atoms with van der Waals surface area (Å²) in [5.41, 5.74) is 0.851. The Morgan fingerprint density at radius 2 is 2.20 bits per heavy atom. The van der Waals surface area contributed by atoms with Crippen LogP contribution in [0.15, 0.2) is 30.6 Å². The Morgan fingerprint density at radius 1 is 1.40 bits per heavy atom. The lowest BCUT2D eigenvalue weighted by atomic mass is 10.1. The third kappa shape index (κ3) is 4.08. The van der Waals surface area contributed by atoms with Gasteiger partial charge in [0.15, 0.2) is 0 Å². The van der Waals surface area contributed by atoms with Gasteiger partial charge in [0.2, 0.25) is 5.91 Å². The van der Waals surface area contributed by atoms with Crippen molar-refractivity contribution in [3.8, 4) is 5.75 Å². The lowest BCUT2D eigenvalue weighted by molar-refractivity contribution is -0.132. The molecule has 1 aromatic heterocycles. The normalized spacial score (nSPS) is 18.4. The van der Waals surface area contributed by atoms with Gasteiger partial charge in [0, 0.05) is 37.8 Å². The Labute approximate surface area is 156 Å². The summed E-state index contributed by atoms with van der Waals surface area (Å²) in [6.07, 6.45) is 4.26. The van der Waals surface area contributed by atoms with Crippen molar-refractivity contribution in [3.63, 3.8) is 0 Å². The van der Waals surface area contributed by atoms with E-state index in [4.69, 9.17) is 27.9 Å². The van der Waals surface area contributed by atoms with Crippen LogP contribution in [0, 0.1) is 0 Å². The molecule has 134 valence electrons. The SMILES string of the molecule is CNC(C(=O)N1CCC(Oc2ccc(Cl)c(Cl)c2)C1)c1cnn(C)c1. The molecule has 1 aliphatic rings. The molecule has 6 nitrogen and oxygen atoms in total. The van der Waals surface area contributed by atoms with E-state index in [1.165, 1.54) is 0 Å². The Bertz CT molecular complexity index is 765. The number of likely N-dealkylation sites (N-methyl/N-ethyl adjacent to an activating group) is 1. The fourth-order valence-electron chi connectivity index (χ4n) is 2.97. The molecule has 3 rings (SSSR count). The predicted octanol–water partition coefficient (Wildman–Crippen LogP) is 2.67. The van der Waals surface area contributed by atoms with E-state index in [-0.39, 0.29) is 12.0 Å². The molecular weight excluding hydrogens is 363 g/mol. The molecule has 1 N–H and O–H groups in total. The number of aromatic nitrogens is 2. The van der Waals surface area contributed by atoms with Crippen LogP contribution in [0.1, 0.15) is 18.0 Å². The maximum absolute atomic E-state index is 12.8. The highest BCUT2D eigenvalue weighted by atomic mass is 35.5. The molecule has 0 spiro atoms. The lowest BCUT2D eigenvalue weighted by Gasteiger charge is -2.22. The Kier molecular flexibility index (Phi) is 5.51. The van der Waals surface area contributed by atoms with Crippen LogP contribution in [0.4, 0.5) is 0 Å². The van der Waals surface area contributed by atoms with E-state index in [1.807, 2.05) is 18.1 Å². The van der Waals surface area contributed by atoms with Crippen LogP contribution >= 0.6 is 23.2 Å². The predicted molar refractivity (Wildman–Crippen MR) is 97.1 cm³/mol. The van der Waals surface area contributed by atoms with Crippen molar-refractivity contribution in [1.82, 2.24) is 20.0 Å². The molecule has 2 heterocycles. The second-order valence-corrected chi connectivity index (χ2v) is 6.87. The zero-order chi connectivity index (χ0) is 18.0.